The Labute approximate surface area is 97.4 Å². The van der Waals surface area contributed by atoms with Crippen LogP contribution in [0.3, 0.4) is 0 Å². The summed E-state index contributed by atoms with van der Waals surface area (Å²) in [4.78, 5) is 2.28. The molecular weight excluding hydrogens is 238 g/mol. The molecule has 0 aromatic rings. The zero-order chi connectivity index (χ0) is 11.6. The number of halogens is 1. The standard InChI is InChI=1S/C9H17N.C3H3Br/c1-6-7-10(8(2)3)9(4)5;1-2-3-4/h1,8-9H,7H2,2-5H3;1H,3H2. The van der Waals surface area contributed by atoms with Gasteiger partial charge < -0.3 is 0 Å². The third kappa shape index (κ3) is 9.65. The molecule has 0 aromatic heterocycles. The highest BCUT2D eigenvalue weighted by molar-refractivity contribution is 9.09. The second-order valence-corrected chi connectivity index (χ2v) is 3.96. The quantitative estimate of drug-likeness (QED) is 0.555. The summed E-state index contributed by atoms with van der Waals surface area (Å²) in [5.74, 6) is 5.00. The molecule has 0 radical (unpaired) electrons. The maximum atomic E-state index is 5.21. The van der Waals surface area contributed by atoms with E-state index in [1.807, 2.05) is 0 Å². The zero-order valence-corrected chi connectivity index (χ0v) is 11.1. The molecule has 1 nitrogen and oxygen atoms in total. The number of nitrogens with zero attached hydrogens (tertiary/aromatic N) is 1. The van der Waals surface area contributed by atoms with Gasteiger partial charge in [0.1, 0.15) is 0 Å². The summed E-state index contributed by atoms with van der Waals surface area (Å²) in [5, 5.41) is 0.660. The molecule has 0 fully saturated rings. The smallest absolute Gasteiger partial charge is 0.0642 e. The van der Waals surface area contributed by atoms with Gasteiger partial charge in [0.15, 0.2) is 0 Å². The predicted molar refractivity (Wildman–Crippen MR) is 68.4 cm³/mol. The van der Waals surface area contributed by atoms with E-state index in [9.17, 15) is 0 Å². The molecule has 0 amide bonds. The van der Waals surface area contributed by atoms with E-state index in [1.54, 1.807) is 0 Å². The highest BCUT2D eigenvalue weighted by Crippen LogP contribution is 2.02. The molecule has 0 aliphatic rings. The Kier molecular flexibility index (Phi) is 12.2. The summed E-state index contributed by atoms with van der Waals surface area (Å²) < 4.78 is 0. The van der Waals surface area contributed by atoms with E-state index in [4.69, 9.17) is 12.8 Å². The van der Waals surface area contributed by atoms with Crippen LogP contribution in [0.25, 0.3) is 0 Å². The van der Waals surface area contributed by atoms with Crippen molar-refractivity contribution in [1.82, 2.24) is 4.90 Å². The molecule has 0 rings (SSSR count). The first-order valence-electron chi connectivity index (χ1n) is 4.69. The summed E-state index contributed by atoms with van der Waals surface area (Å²) in [6, 6.07) is 1.10. The van der Waals surface area contributed by atoms with E-state index < -0.39 is 0 Å². The van der Waals surface area contributed by atoms with Gasteiger partial charge in [-0.3, -0.25) is 4.90 Å². The molecule has 0 bridgehead atoms. The Balaban J connectivity index is 0. The second kappa shape index (κ2) is 10.6. The third-order valence-corrected chi connectivity index (χ3v) is 2.00. The van der Waals surface area contributed by atoms with Crippen LogP contribution in [-0.2, 0) is 0 Å². The fourth-order valence-electron chi connectivity index (χ4n) is 1.07. The van der Waals surface area contributed by atoms with E-state index in [0.29, 0.717) is 17.4 Å². The van der Waals surface area contributed by atoms with Crippen LogP contribution in [0, 0.1) is 24.7 Å². The van der Waals surface area contributed by atoms with Gasteiger partial charge in [-0.05, 0) is 27.7 Å². The van der Waals surface area contributed by atoms with Crippen LogP contribution in [-0.4, -0.2) is 28.9 Å². The Morgan fingerprint density at radius 3 is 1.50 bits per heavy atom. The summed E-state index contributed by atoms with van der Waals surface area (Å²) in [7, 11) is 0. The van der Waals surface area contributed by atoms with Crippen molar-refractivity contribution >= 4 is 15.9 Å². The molecule has 80 valence electrons. The summed E-state index contributed by atoms with van der Waals surface area (Å²) in [6.07, 6.45) is 9.94. The van der Waals surface area contributed by atoms with E-state index in [1.165, 1.54) is 0 Å². The van der Waals surface area contributed by atoms with Gasteiger partial charge in [0.05, 0.1) is 11.9 Å². The maximum Gasteiger partial charge on any atom is 0.0642 e. The lowest BCUT2D eigenvalue weighted by Crippen LogP contribution is -2.37. The van der Waals surface area contributed by atoms with Crippen LogP contribution < -0.4 is 0 Å². The predicted octanol–water partition coefficient (Wildman–Crippen LogP) is 2.75. The first-order valence-corrected chi connectivity index (χ1v) is 5.82. The monoisotopic (exact) mass is 257 g/mol. The van der Waals surface area contributed by atoms with Crippen molar-refractivity contribution in [2.45, 2.75) is 39.8 Å². The van der Waals surface area contributed by atoms with E-state index in [0.717, 1.165) is 6.54 Å². The molecule has 0 unspecified atom stereocenters. The van der Waals surface area contributed by atoms with E-state index in [2.05, 4.69) is 60.4 Å². The van der Waals surface area contributed by atoms with Gasteiger partial charge in [-0.15, -0.1) is 12.8 Å². The van der Waals surface area contributed by atoms with Crippen LogP contribution in [0.2, 0.25) is 0 Å². The molecule has 0 spiro atoms. The molecule has 0 aliphatic carbocycles. The lowest BCUT2D eigenvalue weighted by atomic mass is 10.2. The first kappa shape index (κ1) is 16.0. The van der Waals surface area contributed by atoms with E-state index in [-0.39, 0.29) is 0 Å². The van der Waals surface area contributed by atoms with Gasteiger partial charge in [0, 0.05) is 12.1 Å². The molecule has 0 N–H and O–H groups in total. The van der Waals surface area contributed by atoms with Crippen molar-refractivity contribution in [2.24, 2.45) is 0 Å². The highest BCUT2D eigenvalue weighted by atomic mass is 79.9. The van der Waals surface area contributed by atoms with Gasteiger partial charge >= 0.3 is 0 Å². The van der Waals surface area contributed by atoms with Crippen LogP contribution >= 0.6 is 15.9 Å². The minimum Gasteiger partial charge on any atom is -0.287 e. The largest absolute Gasteiger partial charge is 0.287 e. The van der Waals surface area contributed by atoms with Crippen molar-refractivity contribution in [3.05, 3.63) is 0 Å². The van der Waals surface area contributed by atoms with Crippen molar-refractivity contribution < 1.29 is 0 Å². The maximum absolute atomic E-state index is 5.21. The molecule has 14 heavy (non-hydrogen) atoms. The number of rotatable bonds is 3. The number of hydrogen-bond donors (Lipinski definition) is 0. The van der Waals surface area contributed by atoms with Crippen LogP contribution in [0.1, 0.15) is 27.7 Å². The minimum atomic E-state index is 0.552. The van der Waals surface area contributed by atoms with Crippen molar-refractivity contribution in [1.29, 1.82) is 0 Å². The lowest BCUT2D eigenvalue weighted by Gasteiger charge is -2.27. The van der Waals surface area contributed by atoms with Crippen LogP contribution in [0.15, 0.2) is 0 Å². The van der Waals surface area contributed by atoms with Crippen LogP contribution in [0.4, 0.5) is 0 Å². The molecule has 0 aliphatic heterocycles. The Morgan fingerprint density at radius 1 is 1.07 bits per heavy atom. The molecule has 0 saturated heterocycles. The average Bonchev–Trinajstić information content (AvgIpc) is 2.13. The molecule has 2 heteroatoms. The third-order valence-electron chi connectivity index (χ3n) is 1.68. The fourth-order valence-corrected chi connectivity index (χ4v) is 1.07. The van der Waals surface area contributed by atoms with Gasteiger partial charge in [-0.2, -0.15) is 0 Å². The molecule has 0 atom stereocenters. The number of alkyl halides is 1. The Hall–Kier alpha value is -0.440. The van der Waals surface area contributed by atoms with Crippen LogP contribution in [0.5, 0.6) is 0 Å². The summed E-state index contributed by atoms with van der Waals surface area (Å²) in [6.45, 7) is 9.42. The number of terminal acetylenes is 2. The van der Waals surface area contributed by atoms with Crippen molar-refractivity contribution in [3.63, 3.8) is 0 Å². The average molecular weight is 258 g/mol. The van der Waals surface area contributed by atoms with E-state index >= 15 is 0 Å². The fraction of sp³-hybridized carbons (Fsp3) is 0.667. The van der Waals surface area contributed by atoms with Gasteiger partial charge in [-0.25, -0.2) is 0 Å². The Bertz CT molecular complexity index is 187. The highest BCUT2D eigenvalue weighted by Gasteiger charge is 2.10. The zero-order valence-electron chi connectivity index (χ0n) is 9.55. The Morgan fingerprint density at radius 2 is 1.43 bits per heavy atom. The SMILES string of the molecule is C#CCBr.C#CCN(C(C)C)C(C)C. The van der Waals surface area contributed by atoms with Gasteiger partial charge in [0.2, 0.25) is 0 Å². The minimum absolute atomic E-state index is 0.552. The summed E-state index contributed by atoms with van der Waals surface area (Å²) >= 11 is 3.01. The lowest BCUT2D eigenvalue weighted by molar-refractivity contribution is 0.200. The van der Waals surface area contributed by atoms with Gasteiger partial charge in [0.25, 0.3) is 0 Å². The number of hydrogen-bond acceptors (Lipinski definition) is 1. The molecule has 0 saturated carbocycles. The molecule has 0 heterocycles. The summed E-state index contributed by atoms with van der Waals surface area (Å²) in [5.41, 5.74) is 0. The normalized spacial score (nSPS) is 9.29. The first-order chi connectivity index (χ1) is 6.51. The molecule has 0 aromatic carbocycles. The second-order valence-electron chi connectivity index (χ2n) is 3.40. The molecular formula is C12H20BrN. The topological polar surface area (TPSA) is 3.24 Å². The van der Waals surface area contributed by atoms with Crippen molar-refractivity contribution in [3.8, 4) is 24.7 Å². The van der Waals surface area contributed by atoms with Crippen molar-refractivity contribution in [2.75, 3.05) is 11.9 Å². The van der Waals surface area contributed by atoms with Gasteiger partial charge in [-0.1, -0.05) is 27.8 Å².